The number of ether oxygens (including phenoxy) is 1. The topological polar surface area (TPSA) is 64.7 Å². The van der Waals surface area contributed by atoms with Crippen LogP contribution in [0.5, 0.6) is 0 Å². The van der Waals surface area contributed by atoms with Crippen molar-refractivity contribution in [1.82, 2.24) is 0 Å². The Morgan fingerprint density at radius 1 is 1.39 bits per heavy atom. The summed E-state index contributed by atoms with van der Waals surface area (Å²) in [6, 6.07) is 0. The molecule has 0 heterocycles. The fraction of sp³-hybridized carbons (Fsp3) is 0.429. The highest BCUT2D eigenvalue weighted by atomic mass is 16.5. The van der Waals surface area contributed by atoms with Gasteiger partial charge in [0.2, 0.25) is 0 Å². The lowest BCUT2D eigenvalue weighted by Crippen LogP contribution is -1.98. The number of carbonyl (C=O) groups excluding carboxylic acids is 1. The van der Waals surface area contributed by atoms with Gasteiger partial charge in [0.05, 0.1) is 6.61 Å². The van der Waals surface area contributed by atoms with Gasteiger partial charge in [-0.1, -0.05) is 18.2 Å². The van der Waals surface area contributed by atoms with E-state index in [1.165, 1.54) is 6.08 Å². The van der Waals surface area contributed by atoms with E-state index in [2.05, 4.69) is 4.99 Å². The normalized spacial score (nSPS) is 12.9. The number of nitrogens with two attached hydrogens (primary N) is 1. The Balaban J connectivity index is 3.75. The molecule has 0 aromatic rings. The quantitative estimate of drug-likeness (QED) is 0.236. The SMILES string of the molecule is CCOC(=O)/C=C/C=C/CCCC(C=NC)=CN. The Labute approximate surface area is 109 Å². The zero-order valence-corrected chi connectivity index (χ0v) is 11.1. The summed E-state index contributed by atoms with van der Waals surface area (Å²) in [6.45, 7) is 2.18. The van der Waals surface area contributed by atoms with Gasteiger partial charge in [0.15, 0.2) is 0 Å². The molecule has 4 heteroatoms. The minimum Gasteiger partial charge on any atom is -0.463 e. The van der Waals surface area contributed by atoms with Crippen molar-refractivity contribution < 1.29 is 9.53 Å². The van der Waals surface area contributed by atoms with Crippen LogP contribution in [0.4, 0.5) is 0 Å². The van der Waals surface area contributed by atoms with Crippen LogP contribution in [-0.4, -0.2) is 25.8 Å². The molecule has 0 spiro atoms. The second-order valence-corrected chi connectivity index (χ2v) is 3.56. The predicted molar refractivity (Wildman–Crippen MR) is 75.5 cm³/mol. The number of allylic oxidation sites excluding steroid dienone is 4. The molecule has 0 aliphatic heterocycles. The lowest BCUT2D eigenvalue weighted by atomic mass is 10.1. The van der Waals surface area contributed by atoms with Crippen LogP contribution in [0.25, 0.3) is 0 Å². The maximum Gasteiger partial charge on any atom is 0.330 e. The Morgan fingerprint density at radius 2 is 2.17 bits per heavy atom. The number of esters is 1. The lowest BCUT2D eigenvalue weighted by Gasteiger charge is -1.97. The van der Waals surface area contributed by atoms with Gasteiger partial charge in [0.1, 0.15) is 0 Å². The van der Waals surface area contributed by atoms with E-state index in [1.807, 2.05) is 12.2 Å². The minimum absolute atomic E-state index is 0.311. The first-order valence-electron chi connectivity index (χ1n) is 6.07. The molecule has 0 fully saturated rings. The third kappa shape index (κ3) is 9.39. The van der Waals surface area contributed by atoms with Gasteiger partial charge in [0.25, 0.3) is 0 Å². The van der Waals surface area contributed by atoms with E-state index in [-0.39, 0.29) is 5.97 Å². The van der Waals surface area contributed by atoms with Gasteiger partial charge in [-0.3, -0.25) is 4.99 Å². The van der Waals surface area contributed by atoms with E-state index in [0.29, 0.717) is 6.61 Å². The molecule has 0 saturated heterocycles. The molecular weight excluding hydrogens is 228 g/mol. The highest BCUT2D eigenvalue weighted by molar-refractivity contribution is 5.82. The Bertz CT molecular complexity index is 342. The fourth-order valence-corrected chi connectivity index (χ4v) is 1.28. The van der Waals surface area contributed by atoms with Crippen molar-refractivity contribution in [1.29, 1.82) is 0 Å². The van der Waals surface area contributed by atoms with Gasteiger partial charge < -0.3 is 10.5 Å². The summed E-state index contributed by atoms with van der Waals surface area (Å²) in [5, 5.41) is 0. The first-order chi connectivity index (χ1) is 8.74. The fourth-order valence-electron chi connectivity index (χ4n) is 1.28. The van der Waals surface area contributed by atoms with Crippen molar-refractivity contribution in [3.63, 3.8) is 0 Å². The molecule has 0 radical (unpaired) electrons. The molecule has 18 heavy (non-hydrogen) atoms. The molecule has 0 rings (SSSR count). The Kier molecular flexibility index (Phi) is 10.4. The van der Waals surface area contributed by atoms with E-state index in [9.17, 15) is 4.79 Å². The number of nitrogens with zero attached hydrogens (tertiary/aromatic N) is 1. The smallest absolute Gasteiger partial charge is 0.330 e. The van der Waals surface area contributed by atoms with Crippen LogP contribution in [-0.2, 0) is 9.53 Å². The van der Waals surface area contributed by atoms with Crippen LogP contribution in [0.15, 0.2) is 41.1 Å². The summed E-state index contributed by atoms with van der Waals surface area (Å²) in [7, 11) is 1.73. The molecule has 0 aliphatic carbocycles. The van der Waals surface area contributed by atoms with Crippen LogP contribution in [0, 0.1) is 0 Å². The summed E-state index contributed by atoms with van der Waals surface area (Å²) >= 11 is 0. The van der Waals surface area contributed by atoms with Gasteiger partial charge in [-0.05, 0) is 38.0 Å². The molecule has 0 unspecified atom stereocenters. The summed E-state index contributed by atoms with van der Waals surface area (Å²) in [5.41, 5.74) is 6.48. The molecule has 0 aliphatic rings. The van der Waals surface area contributed by atoms with E-state index in [4.69, 9.17) is 10.5 Å². The average Bonchev–Trinajstić information content (AvgIpc) is 2.36. The first kappa shape index (κ1) is 16.2. The van der Waals surface area contributed by atoms with Crippen molar-refractivity contribution in [2.75, 3.05) is 13.7 Å². The largest absolute Gasteiger partial charge is 0.463 e. The van der Waals surface area contributed by atoms with E-state index in [0.717, 1.165) is 24.8 Å². The van der Waals surface area contributed by atoms with Gasteiger partial charge in [-0.15, -0.1) is 0 Å². The molecule has 100 valence electrons. The molecule has 4 nitrogen and oxygen atoms in total. The minimum atomic E-state index is -0.311. The number of hydrogen-bond donors (Lipinski definition) is 1. The van der Waals surface area contributed by atoms with Crippen molar-refractivity contribution in [3.05, 3.63) is 36.1 Å². The average molecular weight is 250 g/mol. The monoisotopic (exact) mass is 250 g/mol. The van der Waals surface area contributed by atoms with Crippen LogP contribution in [0.2, 0.25) is 0 Å². The number of aliphatic imine (C=N–C) groups is 1. The van der Waals surface area contributed by atoms with Crippen LogP contribution in [0.1, 0.15) is 26.2 Å². The number of carbonyl (C=O) groups is 1. The maximum absolute atomic E-state index is 11.0. The molecule has 2 N–H and O–H groups in total. The lowest BCUT2D eigenvalue weighted by molar-refractivity contribution is -0.137. The van der Waals surface area contributed by atoms with E-state index in [1.54, 1.807) is 32.5 Å². The molecule has 0 amide bonds. The predicted octanol–water partition coefficient (Wildman–Crippen LogP) is 2.38. The van der Waals surface area contributed by atoms with E-state index >= 15 is 0 Å². The van der Waals surface area contributed by atoms with Crippen molar-refractivity contribution in [2.24, 2.45) is 10.7 Å². The van der Waals surface area contributed by atoms with Gasteiger partial charge in [0, 0.05) is 19.3 Å². The summed E-state index contributed by atoms with van der Waals surface area (Å²) in [6.07, 6.45) is 13.1. The van der Waals surface area contributed by atoms with Gasteiger partial charge in [-0.2, -0.15) is 0 Å². The summed E-state index contributed by atoms with van der Waals surface area (Å²) in [4.78, 5) is 14.9. The van der Waals surface area contributed by atoms with Crippen LogP contribution < -0.4 is 5.73 Å². The number of unbranched alkanes of at least 4 members (excludes halogenated alkanes) is 1. The first-order valence-corrected chi connectivity index (χ1v) is 6.07. The highest BCUT2D eigenvalue weighted by Gasteiger charge is 1.92. The third-order valence-electron chi connectivity index (χ3n) is 2.11. The Hall–Kier alpha value is -1.84. The molecule has 0 aromatic heterocycles. The van der Waals surface area contributed by atoms with Crippen molar-refractivity contribution in [3.8, 4) is 0 Å². The molecule has 0 aromatic carbocycles. The van der Waals surface area contributed by atoms with E-state index < -0.39 is 0 Å². The Morgan fingerprint density at radius 3 is 2.78 bits per heavy atom. The summed E-state index contributed by atoms with van der Waals surface area (Å²) < 4.78 is 4.75. The molecular formula is C14H22N2O2. The van der Waals surface area contributed by atoms with Gasteiger partial charge in [-0.25, -0.2) is 4.79 Å². The number of hydrogen-bond acceptors (Lipinski definition) is 4. The van der Waals surface area contributed by atoms with Crippen molar-refractivity contribution >= 4 is 12.2 Å². The number of rotatable bonds is 8. The highest BCUT2D eigenvalue weighted by Crippen LogP contribution is 2.04. The molecule has 0 atom stereocenters. The van der Waals surface area contributed by atoms with Crippen LogP contribution in [0.3, 0.4) is 0 Å². The molecule has 0 bridgehead atoms. The standard InChI is InChI=1S/C14H22N2O2/c1-3-18-14(17)10-8-6-4-5-7-9-13(11-15)12-16-2/h4,6,8,10-12H,3,5,7,9,15H2,1-2H3/b6-4+,10-8+,13-11?,16-12?. The van der Waals surface area contributed by atoms with Gasteiger partial charge >= 0.3 is 5.97 Å². The third-order valence-corrected chi connectivity index (χ3v) is 2.11. The van der Waals surface area contributed by atoms with Crippen LogP contribution >= 0.6 is 0 Å². The molecule has 0 saturated carbocycles. The zero-order chi connectivity index (χ0) is 13.6. The summed E-state index contributed by atoms with van der Waals surface area (Å²) in [5.74, 6) is -0.311. The van der Waals surface area contributed by atoms with Crippen molar-refractivity contribution in [2.45, 2.75) is 26.2 Å². The second-order valence-electron chi connectivity index (χ2n) is 3.56. The maximum atomic E-state index is 11.0. The zero-order valence-electron chi connectivity index (χ0n) is 11.1. The second kappa shape index (κ2) is 11.6.